The number of nitrogens with two attached hydrogens (primary N) is 1. The number of thioether (sulfide) groups is 1. The number of aliphatic hydroxyl groups is 1. The molecule has 8 nitrogen and oxygen atoms in total. The third kappa shape index (κ3) is 28.9. The summed E-state index contributed by atoms with van der Waals surface area (Å²) in [4.78, 5) is 37.5. The van der Waals surface area contributed by atoms with Crippen LogP contribution in [0, 0.1) is 5.41 Å². The highest BCUT2D eigenvalue weighted by molar-refractivity contribution is 7.99. The summed E-state index contributed by atoms with van der Waals surface area (Å²) in [7, 11) is 0. The first-order valence-electron chi connectivity index (χ1n) is 18.7. The fraction of sp³-hybridized carbons (Fsp3) is 0.919. The maximum Gasteiger partial charge on any atom is 0.306 e. The van der Waals surface area contributed by atoms with E-state index in [-0.39, 0.29) is 36.5 Å². The molecule has 0 aliphatic rings. The SMILES string of the molecule is CCCCCCCCCCCC(=O)OC[C@H](CSC[C@H](N)C(=O)NCCCC(C)(C)CO)OC(=O)CCCCCCCCCCC. The Morgan fingerprint density at radius 2 is 1.20 bits per heavy atom. The van der Waals surface area contributed by atoms with Crippen LogP contribution in [-0.4, -0.2) is 66.4 Å². The standard InChI is InChI=1S/C37H72N2O6S/c1-5-7-9-11-13-15-17-19-21-24-34(41)44-28-32(45-35(42)25-22-20-18-16-14-12-10-8-6-2)29-46-30-33(38)36(43)39-27-23-26-37(3,4)31-40/h32-33,40H,5-31,38H2,1-4H3,(H,39,43)/t32-,33+/m1/s1. The molecule has 0 aliphatic heterocycles. The molecular weight excluding hydrogens is 600 g/mol. The summed E-state index contributed by atoms with van der Waals surface area (Å²) in [6.45, 7) is 9.08. The summed E-state index contributed by atoms with van der Waals surface area (Å²) < 4.78 is 11.3. The number of nitrogens with one attached hydrogen (secondary N) is 1. The Morgan fingerprint density at radius 1 is 0.717 bits per heavy atom. The normalized spacial score (nSPS) is 12.9. The van der Waals surface area contributed by atoms with E-state index in [9.17, 15) is 19.5 Å². The molecule has 0 aromatic heterocycles. The predicted molar refractivity (Wildman–Crippen MR) is 193 cm³/mol. The van der Waals surface area contributed by atoms with Gasteiger partial charge in [0, 0.05) is 37.5 Å². The van der Waals surface area contributed by atoms with Gasteiger partial charge in [-0.1, -0.05) is 130 Å². The van der Waals surface area contributed by atoms with Gasteiger partial charge in [0.25, 0.3) is 0 Å². The molecule has 0 aromatic rings. The van der Waals surface area contributed by atoms with Gasteiger partial charge in [0.2, 0.25) is 5.91 Å². The van der Waals surface area contributed by atoms with Crippen molar-refractivity contribution in [2.75, 3.05) is 31.3 Å². The molecule has 0 heterocycles. The van der Waals surface area contributed by atoms with Crippen molar-refractivity contribution >= 4 is 29.6 Å². The molecule has 0 unspecified atom stereocenters. The number of amides is 1. The minimum Gasteiger partial charge on any atom is -0.462 e. The summed E-state index contributed by atoms with van der Waals surface area (Å²) in [5.41, 5.74) is 5.95. The number of hydrogen-bond donors (Lipinski definition) is 3. The third-order valence-electron chi connectivity index (χ3n) is 8.39. The molecule has 0 bridgehead atoms. The van der Waals surface area contributed by atoms with Crippen LogP contribution >= 0.6 is 11.8 Å². The van der Waals surface area contributed by atoms with Crippen molar-refractivity contribution in [3.63, 3.8) is 0 Å². The molecule has 0 spiro atoms. The fourth-order valence-corrected chi connectivity index (χ4v) is 6.14. The number of ether oxygens (including phenoxy) is 2. The zero-order valence-electron chi connectivity index (χ0n) is 30.2. The maximum atomic E-state index is 12.6. The van der Waals surface area contributed by atoms with Crippen LogP contribution in [0.2, 0.25) is 0 Å². The van der Waals surface area contributed by atoms with Crippen LogP contribution in [-0.2, 0) is 23.9 Å². The second kappa shape index (κ2) is 31.0. The zero-order chi connectivity index (χ0) is 34.3. The second-order valence-electron chi connectivity index (χ2n) is 13.8. The first-order chi connectivity index (χ1) is 22.1. The highest BCUT2D eigenvalue weighted by atomic mass is 32.2. The third-order valence-corrected chi connectivity index (χ3v) is 9.60. The first kappa shape index (κ1) is 44.7. The van der Waals surface area contributed by atoms with Crippen molar-refractivity contribution < 1.29 is 29.0 Å². The van der Waals surface area contributed by atoms with Gasteiger partial charge in [-0.25, -0.2) is 0 Å². The molecule has 1 amide bonds. The minimum absolute atomic E-state index is 0.0227. The lowest BCUT2D eigenvalue weighted by atomic mass is 9.89. The molecule has 0 saturated heterocycles. The molecule has 46 heavy (non-hydrogen) atoms. The molecule has 272 valence electrons. The molecule has 0 rings (SSSR count). The van der Waals surface area contributed by atoms with Gasteiger partial charge in [0.1, 0.15) is 12.7 Å². The molecule has 0 saturated carbocycles. The smallest absolute Gasteiger partial charge is 0.306 e. The first-order valence-corrected chi connectivity index (χ1v) is 19.9. The Kier molecular flexibility index (Phi) is 30.1. The molecule has 0 radical (unpaired) electrons. The summed E-state index contributed by atoms with van der Waals surface area (Å²) in [5.74, 6) is 0.0259. The van der Waals surface area contributed by atoms with Crippen molar-refractivity contribution in [1.29, 1.82) is 0 Å². The van der Waals surface area contributed by atoms with Gasteiger partial charge in [-0.05, 0) is 31.1 Å². The predicted octanol–water partition coefficient (Wildman–Crippen LogP) is 8.26. The number of unbranched alkanes of at least 4 members (excludes halogenated alkanes) is 16. The van der Waals surface area contributed by atoms with E-state index in [4.69, 9.17) is 15.2 Å². The van der Waals surface area contributed by atoms with Crippen LogP contribution in [0.4, 0.5) is 0 Å². The van der Waals surface area contributed by atoms with Gasteiger partial charge in [-0.3, -0.25) is 14.4 Å². The van der Waals surface area contributed by atoms with Crippen molar-refractivity contribution in [2.45, 2.75) is 181 Å². The zero-order valence-corrected chi connectivity index (χ0v) is 31.0. The fourth-order valence-electron chi connectivity index (χ4n) is 5.17. The minimum atomic E-state index is -0.691. The van der Waals surface area contributed by atoms with Crippen molar-refractivity contribution in [1.82, 2.24) is 5.32 Å². The van der Waals surface area contributed by atoms with Gasteiger partial charge < -0.3 is 25.6 Å². The Bertz CT molecular complexity index is 751. The number of hydrogen-bond acceptors (Lipinski definition) is 8. The van der Waals surface area contributed by atoms with Crippen molar-refractivity contribution in [3.05, 3.63) is 0 Å². The summed E-state index contributed by atoms with van der Waals surface area (Å²) >= 11 is 1.43. The molecule has 0 aliphatic carbocycles. The van der Waals surface area contributed by atoms with E-state index in [2.05, 4.69) is 19.2 Å². The molecule has 0 fully saturated rings. The quantitative estimate of drug-likeness (QED) is 0.0470. The van der Waals surface area contributed by atoms with Gasteiger partial charge in [-0.15, -0.1) is 0 Å². The lowest BCUT2D eigenvalue weighted by Gasteiger charge is -2.21. The monoisotopic (exact) mass is 673 g/mol. The number of aliphatic hydroxyl groups excluding tert-OH is 1. The van der Waals surface area contributed by atoms with Gasteiger partial charge in [0.05, 0.1) is 6.04 Å². The summed E-state index contributed by atoms with van der Waals surface area (Å²) in [5, 5.41) is 12.3. The van der Waals surface area contributed by atoms with Crippen LogP contribution in [0.1, 0.15) is 169 Å². The summed E-state index contributed by atoms with van der Waals surface area (Å²) in [6.07, 6.45) is 23.0. The Balaban J connectivity index is 4.52. The van der Waals surface area contributed by atoms with E-state index in [0.29, 0.717) is 30.9 Å². The lowest BCUT2D eigenvalue weighted by molar-refractivity contribution is -0.157. The number of esters is 2. The number of rotatable bonds is 33. The number of carbonyl (C=O) groups excluding carboxylic acids is 3. The Labute approximate surface area is 286 Å². The van der Waals surface area contributed by atoms with Crippen LogP contribution in [0.5, 0.6) is 0 Å². The van der Waals surface area contributed by atoms with Crippen molar-refractivity contribution in [3.8, 4) is 0 Å². The van der Waals surface area contributed by atoms with E-state index in [0.717, 1.165) is 51.4 Å². The van der Waals surface area contributed by atoms with Gasteiger partial charge in [0.15, 0.2) is 0 Å². The maximum absolute atomic E-state index is 12.6. The average molecular weight is 673 g/mol. The van der Waals surface area contributed by atoms with E-state index in [1.165, 1.54) is 88.8 Å². The van der Waals surface area contributed by atoms with E-state index >= 15 is 0 Å². The van der Waals surface area contributed by atoms with E-state index in [1.54, 1.807) is 0 Å². The van der Waals surface area contributed by atoms with Crippen LogP contribution in [0.3, 0.4) is 0 Å². The van der Waals surface area contributed by atoms with E-state index < -0.39 is 12.1 Å². The molecule has 9 heteroatoms. The van der Waals surface area contributed by atoms with Gasteiger partial charge in [-0.2, -0.15) is 11.8 Å². The summed E-state index contributed by atoms with van der Waals surface area (Å²) in [6, 6.07) is -0.691. The Hall–Kier alpha value is -1.32. The molecule has 2 atom stereocenters. The largest absolute Gasteiger partial charge is 0.462 e. The van der Waals surface area contributed by atoms with Crippen LogP contribution in [0.25, 0.3) is 0 Å². The molecule has 4 N–H and O–H groups in total. The highest BCUT2D eigenvalue weighted by Crippen LogP contribution is 2.20. The second-order valence-corrected chi connectivity index (χ2v) is 14.9. The van der Waals surface area contributed by atoms with Crippen LogP contribution in [0.15, 0.2) is 0 Å². The lowest BCUT2D eigenvalue weighted by Crippen LogP contribution is -2.43. The average Bonchev–Trinajstić information content (AvgIpc) is 3.03. The van der Waals surface area contributed by atoms with Crippen molar-refractivity contribution in [2.24, 2.45) is 11.1 Å². The topological polar surface area (TPSA) is 128 Å². The highest BCUT2D eigenvalue weighted by Gasteiger charge is 2.20. The van der Waals surface area contributed by atoms with Gasteiger partial charge >= 0.3 is 11.9 Å². The number of carbonyl (C=O) groups is 3. The molecule has 0 aromatic carbocycles. The molecular formula is C37H72N2O6S. The Morgan fingerprint density at radius 3 is 1.70 bits per heavy atom. The van der Waals surface area contributed by atoms with E-state index in [1.807, 2.05) is 13.8 Å². The van der Waals surface area contributed by atoms with Crippen LogP contribution < -0.4 is 11.1 Å².